The van der Waals surface area contributed by atoms with Crippen molar-refractivity contribution in [3.8, 4) is 5.75 Å². The largest absolute Gasteiger partial charge is 0.508 e. The molecule has 0 bridgehead atoms. The fraction of sp³-hybridized carbons (Fsp3) is 0.500. The van der Waals surface area contributed by atoms with Crippen LogP contribution >= 0.6 is 11.8 Å². The number of benzene rings is 1. The molecule has 0 aromatic heterocycles. The van der Waals surface area contributed by atoms with Crippen molar-refractivity contribution in [2.24, 2.45) is 0 Å². The molecule has 1 aromatic carbocycles. The molecule has 1 saturated heterocycles. The Hall–Kier alpha value is -0.740. The monoisotopic (exact) mass is 241 g/mol. The quantitative estimate of drug-likeness (QED) is 0.853. The molecule has 1 aliphatic heterocycles. The van der Waals surface area contributed by atoms with E-state index in [1.165, 1.54) is 36.8 Å². The van der Waals surface area contributed by atoms with Gasteiger partial charge in [0.05, 0.1) is 0 Å². The number of nitrogens with one attached hydrogen (secondary N) is 1. The van der Waals surface area contributed by atoms with Gasteiger partial charge in [0, 0.05) is 23.9 Å². The first kappa shape index (κ1) is 11.7. The Morgan fingerprint density at radius 2 is 2.38 bits per heavy atom. The number of hydrogen-bond donors (Lipinski definition) is 2. The second-order valence-electron chi connectivity index (χ2n) is 4.07. The third-order valence-corrected chi connectivity index (χ3v) is 4.00. The maximum absolute atomic E-state index is 13.0. The number of aromatic hydroxyl groups is 1. The molecule has 1 atom stereocenters. The molecule has 0 radical (unpaired) electrons. The van der Waals surface area contributed by atoms with E-state index in [0.29, 0.717) is 18.2 Å². The van der Waals surface area contributed by atoms with Crippen LogP contribution in [0.25, 0.3) is 0 Å². The van der Waals surface area contributed by atoms with Gasteiger partial charge in [0.2, 0.25) is 0 Å². The van der Waals surface area contributed by atoms with Crippen molar-refractivity contribution < 1.29 is 9.50 Å². The molecule has 16 heavy (non-hydrogen) atoms. The molecule has 2 N–H and O–H groups in total. The van der Waals surface area contributed by atoms with Crippen LogP contribution in [0.5, 0.6) is 5.75 Å². The van der Waals surface area contributed by atoms with Crippen LogP contribution in [-0.2, 0) is 6.54 Å². The van der Waals surface area contributed by atoms with Gasteiger partial charge in [-0.2, -0.15) is 11.8 Å². The molecular weight excluding hydrogens is 225 g/mol. The Bertz CT molecular complexity index is 353. The first-order chi connectivity index (χ1) is 7.75. The molecule has 1 heterocycles. The van der Waals surface area contributed by atoms with Gasteiger partial charge in [-0.1, -0.05) is 0 Å². The molecule has 0 aliphatic carbocycles. The molecule has 0 spiro atoms. The maximum Gasteiger partial charge on any atom is 0.123 e. The minimum absolute atomic E-state index is 0.164. The van der Waals surface area contributed by atoms with Gasteiger partial charge in [-0.15, -0.1) is 0 Å². The molecular formula is C12H16FNOS. The number of rotatable bonds is 3. The summed E-state index contributed by atoms with van der Waals surface area (Å²) >= 11 is 1.95. The second-order valence-corrected chi connectivity index (χ2v) is 5.22. The van der Waals surface area contributed by atoms with Crippen molar-refractivity contribution in [3.05, 3.63) is 29.6 Å². The fourth-order valence-electron chi connectivity index (χ4n) is 1.85. The van der Waals surface area contributed by atoms with E-state index in [-0.39, 0.29) is 11.6 Å². The standard InChI is InChI=1S/C12H16FNOS/c13-10-3-4-12(15)9(6-10)7-14-11-2-1-5-16-8-11/h3-4,6,11,14-15H,1-2,5,7-8H2. The van der Waals surface area contributed by atoms with Crippen molar-refractivity contribution in [3.63, 3.8) is 0 Å². The Morgan fingerprint density at radius 3 is 3.12 bits per heavy atom. The molecule has 88 valence electrons. The van der Waals surface area contributed by atoms with Crippen molar-refractivity contribution in [2.45, 2.75) is 25.4 Å². The summed E-state index contributed by atoms with van der Waals surface area (Å²) < 4.78 is 13.0. The normalized spacial score (nSPS) is 20.9. The van der Waals surface area contributed by atoms with Gasteiger partial charge in [0.1, 0.15) is 11.6 Å². The molecule has 1 unspecified atom stereocenters. The van der Waals surface area contributed by atoms with Gasteiger partial charge in [-0.3, -0.25) is 0 Å². The van der Waals surface area contributed by atoms with Gasteiger partial charge in [0.25, 0.3) is 0 Å². The maximum atomic E-state index is 13.0. The van der Waals surface area contributed by atoms with Crippen LogP contribution in [0.15, 0.2) is 18.2 Å². The molecule has 0 saturated carbocycles. The Kier molecular flexibility index (Phi) is 4.07. The molecule has 2 nitrogen and oxygen atoms in total. The van der Waals surface area contributed by atoms with E-state index in [4.69, 9.17) is 0 Å². The summed E-state index contributed by atoms with van der Waals surface area (Å²) in [6.45, 7) is 0.537. The highest BCUT2D eigenvalue weighted by Crippen LogP contribution is 2.20. The summed E-state index contributed by atoms with van der Waals surface area (Å²) in [5, 5.41) is 12.9. The lowest BCUT2D eigenvalue weighted by atomic mass is 10.1. The van der Waals surface area contributed by atoms with Crippen LogP contribution in [0.1, 0.15) is 18.4 Å². The first-order valence-electron chi connectivity index (χ1n) is 5.54. The third kappa shape index (κ3) is 3.12. The second kappa shape index (κ2) is 5.55. The Morgan fingerprint density at radius 1 is 1.50 bits per heavy atom. The van der Waals surface area contributed by atoms with Crippen molar-refractivity contribution >= 4 is 11.8 Å². The van der Waals surface area contributed by atoms with Crippen LogP contribution in [0, 0.1) is 5.82 Å². The van der Waals surface area contributed by atoms with E-state index >= 15 is 0 Å². The summed E-state index contributed by atoms with van der Waals surface area (Å²) in [5.74, 6) is 2.21. The molecule has 0 amide bonds. The summed E-state index contributed by atoms with van der Waals surface area (Å²) in [5.41, 5.74) is 0.635. The van der Waals surface area contributed by atoms with Crippen LogP contribution in [0.4, 0.5) is 4.39 Å². The lowest BCUT2D eigenvalue weighted by Crippen LogP contribution is -2.33. The summed E-state index contributed by atoms with van der Waals surface area (Å²) in [6, 6.07) is 4.55. The van der Waals surface area contributed by atoms with E-state index in [1.54, 1.807) is 0 Å². The van der Waals surface area contributed by atoms with Crippen LogP contribution < -0.4 is 5.32 Å². The molecule has 1 aromatic rings. The van der Waals surface area contributed by atoms with E-state index in [1.807, 2.05) is 11.8 Å². The fourth-order valence-corrected chi connectivity index (χ4v) is 2.96. The van der Waals surface area contributed by atoms with Gasteiger partial charge in [-0.25, -0.2) is 4.39 Å². The van der Waals surface area contributed by atoms with Crippen molar-refractivity contribution in [1.82, 2.24) is 5.32 Å². The topological polar surface area (TPSA) is 32.3 Å². The predicted octanol–water partition coefficient (Wildman–Crippen LogP) is 2.52. The SMILES string of the molecule is Oc1ccc(F)cc1CNC1CCCSC1. The van der Waals surface area contributed by atoms with Gasteiger partial charge in [0.15, 0.2) is 0 Å². The number of halogens is 1. The van der Waals surface area contributed by atoms with E-state index < -0.39 is 0 Å². The van der Waals surface area contributed by atoms with E-state index in [0.717, 1.165) is 5.75 Å². The molecule has 1 aliphatic rings. The number of phenols is 1. The van der Waals surface area contributed by atoms with Crippen molar-refractivity contribution in [1.29, 1.82) is 0 Å². The predicted molar refractivity (Wildman–Crippen MR) is 65.3 cm³/mol. The highest BCUT2D eigenvalue weighted by Gasteiger charge is 2.13. The highest BCUT2D eigenvalue weighted by molar-refractivity contribution is 7.99. The van der Waals surface area contributed by atoms with Crippen molar-refractivity contribution in [2.75, 3.05) is 11.5 Å². The van der Waals surface area contributed by atoms with Crippen LogP contribution in [0.2, 0.25) is 0 Å². The minimum atomic E-state index is -0.299. The van der Waals surface area contributed by atoms with Gasteiger partial charge in [-0.05, 0) is 36.8 Å². The molecule has 1 fully saturated rings. The highest BCUT2D eigenvalue weighted by atomic mass is 32.2. The zero-order valence-corrected chi connectivity index (χ0v) is 9.89. The van der Waals surface area contributed by atoms with Gasteiger partial charge >= 0.3 is 0 Å². The Labute approximate surface area is 99.2 Å². The molecule has 4 heteroatoms. The third-order valence-electron chi connectivity index (χ3n) is 2.78. The summed E-state index contributed by atoms with van der Waals surface area (Å²) in [6.07, 6.45) is 2.40. The van der Waals surface area contributed by atoms with E-state index in [2.05, 4.69) is 5.32 Å². The zero-order chi connectivity index (χ0) is 11.4. The summed E-state index contributed by atoms with van der Waals surface area (Å²) in [4.78, 5) is 0. The number of thioether (sulfide) groups is 1. The number of phenolic OH excluding ortho intramolecular Hbond substituents is 1. The smallest absolute Gasteiger partial charge is 0.123 e. The van der Waals surface area contributed by atoms with E-state index in [9.17, 15) is 9.50 Å². The zero-order valence-electron chi connectivity index (χ0n) is 9.08. The molecule has 2 rings (SSSR count). The summed E-state index contributed by atoms with van der Waals surface area (Å²) in [7, 11) is 0. The minimum Gasteiger partial charge on any atom is -0.508 e. The van der Waals surface area contributed by atoms with Crippen LogP contribution in [0.3, 0.4) is 0 Å². The van der Waals surface area contributed by atoms with Gasteiger partial charge < -0.3 is 10.4 Å². The average Bonchev–Trinajstić information content (AvgIpc) is 2.32. The van der Waals surface area contributed by atoms with Crippen LogP contribution in [-0.4, -0.2) is 22.7 Å². The Balaban J connectivity index is 1.90. The lowest BCUT2D eigenvalue weighted by Gasteiger charge is -2.22. The lowest BCUT2D eigenvalue weighted by molar-refractivity contribution is 0.451. The number of hydrogen-bond acceptors (Lipinski definition) is 3. The average molecular weight is 241 g/mol. The first-order valence-corrected chi connectivity index (χ1v) is 6.69.